The first-order valence-electron chi connectivity index (χ1n) is 6.12. The summed E-state index contributed by atoms with van der Waals surface area (Å²) in [4.78, 5) is 22.6. The van der Waals surface area contributed by atoms with E-state index in [9.17, 15) is 19.8 Å². The molecule has 0 fully saturated rings. The molecule has 19 heavy (non-hydrogen) atoms. The van der Waals surface area contributed by atoms with Crippen molar-refractivity contribution >= 4 is 17.6 Å². The van der Waals surface area contributed by atoms with Gasteiger partial charge in [0.05, 0.1) is 11.3 Å². The molecule has 1 aromatic rings. The summed E-state index contributed by atoms with van der Waals surface area (Å²) >= 11 is 0. The van der Waals surface area contributed by atoms with Crippen LogP contribution in [0.1, 0.15) is 28.3 Å². The summed E-state index contributed by atoms with van der Waals surface area (Å²) in [6.45, 7) is 0. The molecule has 5 heteroatoms. The molecule has 0 bridgehead atoms. The summed E-state index contributed by atoms with van der Waals surface area (Å²) in [5, 5.41) is 21.4. The van der Waals surface area contributed by atoms with Crippen LogP contribution in [-0.4, -0.2) is 28.2 Å². The van der Waals surface area contributed by atoms with E-state index in [2.05, 4.69) is 5.32 Å². The summed E-state index contributed by atoms with van der Waals surface area (Å²) in [6.07, 6.45) is 4.65. The van der Waals surface area contributed by atoms with Gasteiger partial charge in [0.1, 0.15) is 6.04 Å². The third-order valence-electron chi connectivity index (χ3n) is 3.89. The number of hydrogen-bond donors (Lipinski definition) is 3. The molecule has 0 amide bonds. The minimum atomic E-state index is -1.05. The van der Waals surface area contributed by atoms with Gasteiger partial charge in [0.25, 0.3) is 0 Å². The Hall–Kier alpha value is -2.30. The Kier molecular flexibility index (Phi) is 2.55. The van der Waals surface area contributed by atoms with Gasteiger partial charge in [-0.2, -0.15) is 0 Å². The molecule has 3 rings (SSSR count). The number of para-hydroxylation sites is 1. The van der Waals surface area contributed by atoms with E-state index in [0.717, 1.165) is 5.56 Å². The number of hydrogen-bond acceptors (Lipinski definition) is 3. The van der Waals surface area contributed by atoms with Crippen LogP contribution in [0.25, 0.3) is 0 Å². The zero-order valence-corrected chi connectivity index (χ0v) is 10.0. The minimum Gasteiger partial charge on any atom is -0.480 e. The fourth-order valence-corrected chi connectivity index (χ4v) is 3.04. The lowest BCUT2D eigenvalue weighted by molar-refractivity contribution is -0.139. The molecule has 1 aliphatic carbocycles. The Morgan fingerprint density at radius 3 is 2.74 bits per heavy atom. The molecule has 1 aromatic carbocycles. The first-order valence-corrected chi connectivity index (χ1v) is 6.12. The van der Waals surface area contributed by atoms with E-state index in [0.29, 0.717) is 12.1 Å². The van der Waals surface area contributed by atoms with E-state index in [1.54, 1.807) is 6.07 Å². The summed E-state index contributed by atoms with van der Waals surface area (Å²) in [6, 6.07) is 4.31. The molecule has 5 nitrogen and oxygen atoms in total. The van der Waals surface area contributed by atoms with Crippen LogP contribution >= 0.6 is 0 Å². The number of anilines is 1. The third kappa shape index (κ3) is 1.69. The smallest absolute Gasteiger partial charge is 0.337 e. The summed E-state index contributed by atoms with van der Waals surface area (Å²) < 4.78 is 0. The zero-order chi connectivity index (χ0) is 13.6. The SMILES string of the molecule is O=C(O)c1cccc2c1N[C@H](C(=O)O)[C@H]1CC=C[C@H]21. The monoisotopic (exact) mass is 259 g/mol. The van der Waals surface area contributed by atoms with E-state index in [1.165, 1.54) is 6.07 Å². The highest BCUT2D eigenvalue weighted by Gasteiger charge is 2.41. The second-order valence-electron chi connectivity index (χ2n) is 4.89. The first kappa shape index (κ1) is 11.8. The van der Waals surface area contributed by atoms with Gasteiger partial charge in [-0.1, -0.05) is 24.3 Å². The quantitative estimate of drug-likeness (QED) is 0.706. The van der Waals surface area contributed by atoms with Crippen LogP contribution in [0.3, 0.4) is 0 Å². The fraction of sp³-hybridized carbons (Fsp3) is 0.286. The molecule has 0 saturated heterocycles. The summed E-state index contributed by atoms with van der Waals surface area (Å²) in [5.41, 5.74) is 1.44. The van der Waals surface area contributed by atoms with Crippen LogP contribution in [0.4, 0.5) is 5.69 Å². The maximum atomic E-state index is 11.4. The van der Waals surface area contributed by atoms with Crippen LogP contribution in [0, 0.1) is 5.92 Å². The molecule has 0 radical (unpaired) electrons. The number of rotatable bonds is 2. The molecule has 0 unspecified atom stereocenters. The number of benzene rings is 1. The van der Waals surface area contributed by atoms with Gasteiger partial charge in [0, 0.05) is 11.8 Å². The van der Waals surface area contributed by atoms with Crippen molar-refractivity contribution in [2.45, 2.75) is 18.4 Å². The van der Waals surface area contributed by atoms with Gasteiger partial charge in [-0.25, -0.2) is 9.59 Å². The molecule has 0 aromatic heterocycles. The number of allylic oxidation sites excluding steroid dienone is 2. The zero-order valence-electron chi connectivity index (χ0n) is 10.0. The third-order valence-corrected chi connectivity index (χ3v) is 3.89. The van der Waals surface area contributed by atoms with Crippen LogP contribution in [0.15, 0.2) is 30.4 Å². The van der Waals surface area contributed by atoms with E-state index >= 15 is 0 Å². The molecule has 0 spiro atoms. The van der Waals surface area contributed by atoms with Crippen molar-refractivity contribution in [1.29, 1.82) is 0 Å². The number of aliphatic carboxylic acids is 1. The fourth-order valence-electron chi connectivity index (χ4n) is 3.04. The predicted molar refractivity (Wildman–Crippen MR) is 68.4 cm³/mol. The number of aromatic carboxylic acids is 1. The minimum absolute atomic E-state index is 0.0170. The van der Waals surface area contributed by atoms with E-state index in [4.69, 9.17) is 0 Å². The molecular weight excluding hydrogens is 246 g/mol. The van der Waals surface area contributed by atoms with Crippen molar-refractivity contribution in [2.75, 3.05) is 5.32 Å². The van der Waals surface area contributed by atoms with Crippen LogP contribution in [-0.2, 0) is 4.79 Å². The Labute approximate surface area is 109 Å². The Morgan fingerprint density at radius 1 is 1.26 bits per heavy atom. The number of fused-ring (bicyclic) bond motifs is 3. The van der Waals surface area contributed by atoms with Gasteiger partial charge >= 0.3 is 11.9 Å². The van der Waals surface area contributed by atoms with E-state index < -0.39 is 18.0 Å². The average molecular weight is 259 g/mol. The van der Waals surface area contributed by atoms with Crippen molar-refractivity contribution in [1.82, 2.24) is 0 Å². The molecule has 3 N–H and O–H groups in total. The van der Waals surface area contributed by atoms with Gasteiger partial charge in [-0.15, -0.1) is 0 Å². The van der Waals surface area contributed by atoms with Crippen LogP contribution in [0.5, 0.6) is 0 Å². The normalized spacial score (nSPS) is 27.3. The number of carboxylic acid groups (broad SMARTS) is 2. The van der Waals surface area contributed by atoms with E-state index in [-0.39, 0.29) is 17.4 Å². The highest BCUT2D eigenvalue weighted by atomic mass is 16.4. The predicted octanol–water partition coefficient (Wildman–Crippen LogP) is 1.92. The molecular formula is C14H13NO4. The standard InChI is InChI=1S/C14H13NO4/c16-13(17)10-6-2-4-8-7-3-1-5-9(7)12(14(18)19)15-11(8)10/h1-4,6-7,9,12,15H,5H2,(H,16,17)(H,18,19)/t7-,9+,12+/m1/s1. The number of nitrogens with one attached hydrogen (secondary N) is 1. The molecule has 0 saturated carbocycles. The van der Waals surface area contributed by atoms with Crippen molar-refractivity contribution in [3.63, 3.8) is 0 Å². The van der Waals surface area contributed by atoms with Gasteiger partial charge in [0.2, 0.25) is 0 Å². The van der Waals surface area contributed by atoms with Gasteiger partial charge < -0.3 is 15.5 Å². The molecule has 1 heterocycles. The van der Waals surface area contributed by atoms with Crippen molar-refractivity contribution in [3.05, 3.63) is 41.5 Å². The lowest BCUT2D eigenvalue weighted by Gasteiger charge is -2.35. The Balaban J connectivity index is 2.15. The maximum Gasteiger partial charge on any atom is 0.337 e. The highest BCUT2D eigenvalue weighted by Crippen LogP contribution is 2.45. The topological polar surface area (TPSA) is 86.6 Å². The van der Waals surface area contributed by atoms with Crippen molar-refractivity contribution < 1.29 is 19.8 Å². The number of carboxylic acids is 2. The molecule has 1 aliphatic heterocycles. The lowest BCUT2D eigenvalue weighted by Crippen LogP contribution is -2.42. The average Bonchev–Trinajstić information content (AvgIpc) is 2.85. The summed E-state index contributed by atoms with van der Waals surface area (Å²) in [5.74, 6) is -2.05. The molecule has 98 valence electrons. The van der Waals surface area contributed by atoms with Gasteiger partial charge in [-0.3, -0.25) is 0 Å². The molecule has 2 aliphatic rings. The molecule has 3 atom stereocenters. The maximum absolute atomic E-state index is 11.4. The van der Waals surface area contributed by atoms with E-state index in [1.807, 2.05) is 18.2 Å². The Bertz CT molecular complexity index is 593. The second-order valence-corrected chi connectivity index (χ2v) is 4.89. The van der Waals surface area contributed by atoms with Crippen molar-refractivity contribution in [3.8, 4) is 0 Å². The van der Waals surface area contributed by atoms with Gasteiger partial charge in [-0.05, 0) is 18.1 Å². The first-order chi connectivity index (χ1) is 9.09. The van der Waals surface area contributed by atoms with Gasteiger partial charge in [0.15, 0.2) is 0 Å². The van der Waals surface area contributed by atoms with Crippen LogP contribution < -0.4 is 5.32 Å². The summed E-state index contributed by atoms with van der Waals surface area (Å²) in [7, 11) is 0. The Morgan fingerprint density at radius 2 is 2.05 bits per heavy atom. The van der Waals surface area contributed by atoms with Crippen molar-refractivity contribution in [2.24, 2.45) is 5.92 Å². The number of carbonyl (C=O) groups is 2. The van der Waals surface area contributed by atoms with Crippen LogP contribution in [0.2, 0.25) is 0 Å². The highest BCUT2D eigenvalue weighted by molar-refractivity contribution is 5.97. The lowest BCUT2D eigenvalue weighted by atomic mass is 9.78. The second kappa shape index (κ2) is 4.12. The largest absolute Gasteiger partial charge is 0.480 e.